The SMILES string of the molecule is CCN=C1Cn2c(nc3c(ncn3Cc3ccc(OC)cc3)c2=O)N1CC. The number of ether oxygens (including phenoxy) is 1. The van der Waals surface area contributed by atoms with Crippen molar-refractivity contribution in [3.63, 3.8) is 0 Å². The molecule has 0 unspecified atom stereocenters. The molecule has 140 valence electrons. The van der Waals surface area contributed by atoms with E-state index in [0.717, 1.165) is 17.1 Å². The summed E-state index contributed by atoms with van der Waals surface area (Å²) in [4.78, 5) is 28.5. The Hall–Kier alpha value is -3.16. The molecule has 0 radical (unpaired) electrons. The summed E-state index contributed by atoms with van der Waals surface area (Å²) in [5.74, 6) is 2.32. The van der Waals surface area contributed by atoms with Crippen LogP contribution in [0.5, 0.6) is 5.75 Å². The topological polar surface area (TPSA) is 77.5 Å². The van der Waals surface area contributed by atoms with Crippen molar-refractivity contribution in [3.8, 4) is 5.75 Å². The summed E-state index contributed by atoms with van der Waals surface area (Å²) < 4.78 is 8.77. The average molecular weight is 366 g/mol. The Morgan fingerprint density at radius 1 is 1.22 bits per heavy atom. The lowest BCUT2D eigenvalue weighted by Gasteiger charge is -2.15. The number of fused-ring (bicyclic) bond motifs is 2. The maximum absolute atomic E-state index is 12.9. The number of anilines is 1. The zero-order valence-electron chi connectivity index (χ0n) is 15.7. The summed E-state index contributed by atoms with van der Waals surface area (Å²) in [5, 5.41) is 0. The average Bonchev–Trinajstić information content (AvgIpc) is 3.25. The van der Waals surface area contributed by atoms with Crippen molar-refractivity contribution in [1.82, 2.24) is 19.1 Å². The van der Waals surface area contributed by atoms with E-state index in [1.165, 1.54) is 0 Å². The van der Waals surface area contributed by atoms with E-state index in [1.54, 1.807) is 18.0 Å². The van der Waals surface area contributed by atoms with Gasteiger partial charge in [-0.1, -0.05) is 12.1 Å². The molecule has 0 fully saturated rings. The highest BCUT2D eigenvalue weighted by Crippen LogP contribution is 2.22. The Labute approximate surface area is 156 Å². The van der Waals surface area contributed by atoms with Crippen LogP contribution in [0, 0.1) is 0 Å². The minimum atomic E-state index is -0.122. The first-order chi connectivity index (χ1) is 13.2. The molecule has 0 spiro atoms. The Balaban J connectivity index is 1.77. The number of aliphatic imine (C=N–C) groups is 1. The summed E-state index contributed by atoms with van der Waals surface area (Å²) in [5.41, 5.74) is 1.95. The van der Waals surface area contributed by atoms with Crippen LogP contribution in [0.25, 0.3) is 11.2 Å². The van der Waals surface area contributed by atoms with E-state index in [2.05, 4.69) is 9.98 Å². The standard InChI is InChI=1S/C19H22N6O2/c1-4-20-15-11-25-18(26)16-17(22-19(25)24(15)5-2)23(12-21-16)10-13-6-8-14(27-3)9-7-13/h6-9,12H,4-5,10-11H2,1-3H3. The molecule has 3 aromatic rings. The molecule has 1 aliphatic heterocycles. The quantitative estimate of drug-likeness (QED) is 0.689. The third-order valence-electron chi connectivity index (χ3n) is 4.73. The van der Waals surface area contributed by atoms with E-state index in [9.17, 15) is 4.79 Å². The summed E-state index contributed by atoms with van der Waals surface area (Å²) >= 11 is 0. The molecule has 0 amide bonds. The smallest absolute Gasteiger partial charge is 0.283 e. The van der Waals surface area contributed by atoms with Crippen molar-refractivity contribution < 1.29 is 4.74 Å². The van der Waals surface area contributed by atoms with Crippen LogP contribution >= 0.6 is 0 Å². The van der Waals surface area contributed by atoms with Gasteiger partial charge in [0.05, 0.1) is 26.5 Å². The highest BCUT2D eigenvalue weighted by molar-refractivity contribution is 6.00. The fourth-order valence-electron chi connectivity index (χ4n) is 3.39. The van der Waals surface area contributed by atoms with E-state index in [4.69, 9.17) is 9.72 Å². The Morgan fingerprint density at radius 2 is 2.00 bits per heavy atom. The third kappa shape index (κ3) is 2.87. The van der Waals surface area contributed by atoms with Gasteiger partial charge in [-0.05, 0) is 31.5 Å². The fourth-order valence-corrected chi connectivity index (χ4v) is 3.39. The van der Waals surface area contributed by atoms with Crippen LogP contribution in [0.15, 0.2) is 40.4 Å². The van der Waals surface area contributed by atoms with Gasteiger partial charge in [-0.3, -0.25) is 19.3 Å². The van der Waals surface area contributed by atoms with Crippen LogP contribution in [-0.2, 0) is 13.1 Å². The maximum atomic E-state index is 12.9. The van der Waals surface area contributed by atoms with Crippen LogP contribution in [0.1, 0.15) is 19.4 Å². The van der Waals surface area contributed by atoms with Gasteiger partial charge in [-0.2, -0.15) is 4.98 Å². The molecule has 4 rings (SSSR count). The first-order valence-electron chi connectivity index (χ1n) is 9.05. The molecule has 3 heterocycles. The van der Waals surface area contributed by atoms with Gasteiger partial charge in [-0.25, -0.2) is 4.98 Å². The lowest BCUT2D eigenvalue weighted by molar-refractivity contribution is 0.414. The van der Waals surface area contributed by atoms with Gasteiger partial charge >= 0.3 is 0 Å². The highest BCUT2D eigenvalue weighted by atomic mass is 16.5. The van der Waals surface area contributed by atoms with Crippen molar-refractivity contribution in [2.24, 2.45) is 4.99 Å². The molecule has 0 aliphatic carbocycles. The van der Waals surface area contributed by atoms with Crippen molar-refractivity contribution in [2.75, 3.05) is 25.1 Å². The van der Waals surface area contributed by atoms with Gasteiger partial charge in [0.15, 0.2) is 11.2 Å². The second-order valence-corrected chi connectivity index (χ2v) is 6.33. The molecule has 8 nitrogen and oxygen atoms in total. The van der Waals surface area contributed by atoms with Crippen LogP contribution in [-0.4, -0.2) is 45.1 Å². The van der Waals surface area contributed by atoms with Crippen LogP contribution in [0.3, 0.4) is 0 Å². The minimum absolute atomic E-state index is 0.122. The van der Waals surface area contributed by atoms with E-state index in [-0.39, 0.29) is 5.56 Å². The van der Waals surface area contributed by atoms with Gasteiger partial charge in [0.25, 0.3) is 5.56 Å². The zero-order chi connectivity index (χ0) is 19.0. The van der Waals surface area contributed by atoms with Gasteiger partial charge in [0.2, 0.25) is 5.95 Å². The number of hydrogen-bond acceptors (Lipinski definition) is 5. The number of methoxy groups -OCH3 is 1. The fraction of sp³-hybridized carbons (Fsp3) is 0.368. The summed E-state index contributed by atoms with van der Waals surface area (Å²) in [6.45, 7) is 6.44. The second-order valence-electron chi connectivity index (χ2n) is 6.33. The molecular weight excluding hydrogens is 344 g/mol. The lowest BCUT2D eigenvalue weighted by atomic mass is 10.2. The van der Waals surface area contributed by atoms with Crippen molar-refractivity contribution >= 4 is 22.9 Å². The molecule has 27 heavy (non-hydrogen) atoms. The van der Waals surface area contributed by atoms with E-state index >= 15 is 0 Å². The van der Waals surface area contributed by atoms with E-state index < -0.39 is 0 Å². The normalized spacial score (nSPS) is 14.9. The summed E-state index contributed by atoms with van der Waals surface area (Å²) in [6.07, 6.45) is 1.68. The van der Waals surface area contributed by atoms with Gasteiger partial charge < -0.3 is 9.30 Å². The molecule has 8 heteroatoms. The van der Waals surface area contributed by atoms with E-state index in [0.29, 0.717) is 43.3 Å². The largest absolute Gasteiger partial charge is 0.497 e. The predicted molar refractivity (Wildman–Crippen MR) is 105 cm³/mol. The molecule has 2 aromatic heterocycles. The number of amidine groups is 1. The second kappa shape index (κ2) is 6.86. The molecule has 1 aliphatic rings. The molecule has 1 aromatic carbocycles. The summed E-state index contributed by atoms with van der Waals surface area (Å²) in [7, 11) is 1.64. The van der Waals surface area contributed by atoms with Gasteiger partial charge in [-0.15, -0.1) is 0 Å². The maximum Gasteiger partial charge on any atom is 0.283 e. The van der Waals surface area contributed by atoms with Crippen molar-refractivity contribution in [1.29, 1.82) is 0 Å². The highest BCUT2D eigenvalue weighted by Gasteiger charge is 2.29. The number of hydrogen-bond donors (Lipinski definition) is 0. The molecule has 0 N–H and O–H groups in total. The van der Waals surface area contributed by atoms with Crippen molar-refractivity contribution in [3.05, 3.63) is 46.5 Å². The first-order valence-corrected chi connectivity index (χ1v) is 9.05. The van der Waals surface area contributed by atoms with Crippen LogP contribution in [0.2, 0.25) is 0 Å². The van der Waals surface area contributed by atoms with Gasteiger partial charge in [0, 0.05) is 13.1 Å². The number of benzene rings is 1. The molecular formula is C19H22N6O2. The number of likely N-dealkylation sites (N-methyl/N-ethyl adjacent to an activating group) is 1. The number of nitrogens with zero attached hydrogens (tertiary/aromatic N) is 6. The number of imidazole rings is 1. The Kier molecular flexibility index (Phi) is 4.39. The van der Waals surface area contributed by atoms with Crippen LogP contribution < -0.4 is 15.2 Å². The predicted octanol–water partition coefficient (Wildman–Crippen LogP) is 1.91. The van der Waals surface area contributed by atoms with Crippen molar-refractivity contribution in [2.45, 2.75) is 26.9 Å². The monoisotopic (exact) mass is 366 g/mol. The molecule has 0 saturated carbocycles. The molecule has 0 bridgehead atoms. The van der Waals surface area contributed by atoms with Crippen LogP contribution in [0.4, 0.5) is 5.95 Å². The Bertz CT molecular complexity index is 1060. The number of rotatable bonds is 5. The minimum Gasteiger partial charge on any atom is -0.497 e. The molecule has 0 saturated heterocycles. The number of aromatic nitrogens is 4. The van der Waals surface area contributed by atoms with E-state index in [1.807, 2.05) is 47.6 Å². The summed E-state index contributed by atoms with van der Waals surface area (Å²) in [6, 6.07) is 7.83. The van der Waals surface area contributed by atoms with Gasteiger partial charge in [0.1, 0.15) is 11.6 Å². The third-order valence-corrected chi connectivity index (χ3v) is 4.73. The molecule has 0 atom stereocenters. The zero-order valence-corrected chi connectivity index (χ0v) is 15.7. The Morgan fingerprint density at radius 3 is 2.67 bits per heavy atom. The lowest BCUT2D eigenvalue weighted by Crippen LogP contribution is -2.27. The first kappa shape index (κ1) is 17.3.